The molecule has 0 radical (unpaired) electrons. The molecule has 2 amide bonds. The predicted octanol–water partition coefficient (Wildman–Crippen LogP) is 6.17. The minimum Gasteiger partial charge on any atom is -0.488 e. The number of amides is 2. The maximum Gasteiger partial charge on any atom is 0.373 e. The van der Waals surface area contributed by atoms with E-state index in [4.69, 9.17) is 9.15 Å². The Hall–Kier alpha value is -4.37. The van der Waals surface area contributed by atoms with Gasteiger partial charge < -0.3 is 13.9 Å². The summed E-state index contributed by atoms with van der Waals surface area (Å²) in [6, 6.07) is 20.3. The number of hydrogen-bond acceptors (Lipinski definition) is 7. The maximum absolute atomic E-state index is 13.3. The topological polar surface area (TPSA) is 86.0 Å². The zero-order valence-electron chi connectivity index (χ0n) is 19.6. The van der Waals surface area contributed by atoms with E-state index in [0.29, 0.717) is 11.3 Å². The number of carbonyl (C=O) groups is 3. The molecule has 2 heterocycles. The summed E-state index contributed by atoms with van der Waals surface area (Å²) in [6.07, 6.45) is 1.65. The van der Waals surface area contributed by atoms with Crippen molar-refractivity contribution in [1.82, 2.24) is 4.90 Å². The number of furan rings is 1. The van der Waals surface area contributed by atoms with Crippen LogP contribution in [0.1, 0.15) is 27.4 Å². The van der Waals surface area contributed by atoms with Crippen molar-refractivity contribution in [1.29, 1.82) is 0 Å². The molecule has 5 rings (SSSR count). The van der Waals surface area contributed by atoms with Gasteiger partial charge in [-0.25, -0.2) is 9.18 Å². The van der Waals surface area contributed by atoms with Crippen molar-refractivity contribution in [2.75, 3.05) is 7.11 Å². The summed E-state index contributed by atoms with van der Waals surface area (Å²) in [5, 5.41) is 1.33. The first kappa shape index (κ1) is 24.3. The Balaban J connectivity index is 1.44. The van der Waals surface area contributed by atoms with E-state index in [1.165, 1.54) is 31.4 Å². The Kier molecular flexibility index (Phi) is 6.78. The monoisotopic (exact) mass is 517 g/mol. The van der Waals surface area contributed by atoms with E-state index in [-0.39, 0.29) is 35.4 Å². The smallest absolute Gasteiger partial charge is 0.373 e. The molecule has 1 aliphatic rings. The largest absolute Gasteiger partial charge is 0.488 e. The lowest BCUT2D eigenvalue weighted by Crippen LogP contribution is -2.27. The van der Waals surface area contributed by atoms with E-state index < -0.39 is 17.1 Å². The van der Waals surface area contributed by atoms with Gasteiger partial charge in [-0.3, -0.25) is 14.5 Å². The van der Waals surface area contributed by atoms with E-state index in [0.717, 1.165) is 33.0 Å². The molecule has 1 aromatic heterocycles. The van der Waals surface area contributed by atoms with Gasteiger partial charge in [0.05, 0.1) is 18.6 Å². The summed E-state index contributed by atoms with van der Waals surface area (Å²) in [6.45, 7) is 0.0738. The van der Waals surface area contributed by atoms with Gasteiger partial charge >= 0.3 is 5.97 Å². The Morgan fingerprint density at radius 3 is 2.59 bits per heavy atom. The highest BCUT2D eigenvalue weighted by Gasteiger charge is 2.36. The first-order valence-electron chi connectivity index (χ1n) is 11.2. The number of methoxy groups -OCH3 is 1. The summed E-state index contributed by atoms with van der Waals surface area (Å²) in [5.41, 5.74) is 1.43. The molecule has 0 aliphatic carbocycles. The molecule has 3 aromatic carbocycles. The van der Waals surface area contributed by atoms with E-state index >= 15 is 0 Å². The van der Waals surface area contributed by atoms with Crippen LogP contribution in [-0.4, -0.2) is 29.1 Å². The van der Waals surface area contributed by atoms with Crippen molar-refractivity contribution >= 4 is 45.7 Å². The minimum atomic E-state index is -0.649. The summed E-state index contributed by atoms with van der Waals surface area (Å²) < 4.78 is 29.4. The third kappa shape index (κ3) is 5.12. The molecule has 0 saturated carbocycles. The zero-order chi connectivity index (χ0) is 25.9. The van der Waals surface area contributed by atoms with E-state index in [9.17, 15) is 18.8 Å². The van der Waals surface area contributed by atoms with Crippen LogP contribution in [0.25, 0.3) is 16.8 Å². The van der Waals surface area contributed by atoms with Crippen LogP contribution < -0.4 is 4.74 Å². The van der Waals surface area contributed by atoms with Crippen LogP contribution in [0, 0.1) is 5.82 Å². The van der Waals surface area contributed by atoms with Gasteiger partial charge in [-0.05, 0) is 64.5 Å². The Labute approximate surface area is 215 Å². The van der Waals surface area contributed by atoms with Gasteiger partial charge in [0.1, 0.15) is 23.9 Å². The Bertz CT molecular complexity index is 1540. The number of fused-ring (bicyclic) bond motifs is 1. The summed E-state index contributed by atoms with van der Waals surface area (Å²) >= 11 is 0.815. The molecule has 37 heavy (non-hydrogen) atoms. The summed E-state index contributed by atoms with van der Waals surface area (Å²) in [4.78, 5) is 38.8. The van der Waals surface area contributed by atoms with Gasteiger partial charge in [0.25, 0.3) is 11.1 Å². The third-order valence-electron chi connectivity index (χ3n) is 5.75. The number of hydrogen-bond donors (Lipinski definition) is 0. The van der Waals surface area contributed by atoms with Crippen molar-refractivity contribution in [3.05, 3.63) is 106 Å². The number of imide groups is 1. The molecule has 7 nitrogen and oxygen atoms in total. The van der Waals surface area contributed by atoms with Crippen LogP contribution in [0.2, 0.25) is 0 Å². The van der Waals surface area contributed by atoms with Crippen molar-refractivity contribution in [3.8, 4) is 5.75 Å². The molecule has 0 atom stereocenters. The zero-order valence-corrected chi connectivity index (χ0v) is 20.4. The van der Waals surface area contributed by atoms with Crippen LogP contribution in [0.15, 0.2) is 82.1 Å². The molecule has 0 unspecified atom stereocenters. The third-order valence-corrected chi connectivity index (χ3v) is 6.66. The lowest BCUT2D eigenvalue weighted by molar-refractivity contribution is -0.123. The van der Waals surface area contributed by atoms with E-state index in [1.54, 1.807) is 24.3 Å². The van der Waals surface area contributed by atoms with E-state index in [2.05, 4.69) is 4.74 Å². The molecule has 0 bridgehead atoms. The van der Waals surface area contributed by atoms with Gasteiger partial charge in [0, 0.05) is 5.56 Å². The van der Waals surface area contributed by atoms with Gasteiger partial charge in [-0.2, -0.15) is 0 Å². The molecule has 0 N–H and O–H groups in total. The number of halogens is 1. The summed E-state index contributed by atoms with van der Waals surface area (Å²) in [7, 11) is 1.23. The Morgan fingerprint density at radius 1 is 1.03 bits per heavy atom. The average molecular weight is 518 g/mol. The normalized spacial score (nSPS) is 14.5. The Morgan fingerprint density at radius 2 is 1.81 bits per heavy atom. The van der Waals surface area contributed by atoms with Crippen molar-refractivity contribution in [2.45, 2.75) is 13.2 Å². The number of rotatable bonds is 7. The van der Waals surface area contributed by atoms with Crippen molar-refractivity contribution in [2.24, 2.45) is 0 Å². The lowest BCUT2D eigenvalue weighted by Gasteiger charge is -2.13. The second-order valence-electron chi connectivity index (χ2n) is 8.14. The number of benzene rings is 3. The van der Waals surface area contributed by atoms with Gasteiger partial charge in [-0.1, -0.05) is 42.5 Å². The van der Waals surface area contributed by atoms with Crippen LogP contribution in [0.4, 0.5) is 9.18 Å². The molecule has 4 aromatic rings. The van der Waals surface area contributed by atoms with Gasteiger partial charge in [0.2, 0.25) is 5.76 Å². The quantitative estimate of drug-likeness (QED) is 0.214. The lowest BCUT2D eigenvalue weighted by atomic mass is 10.0. The van der Waals surface area contributed by atoms with Crippen molar-refractivity contribution < 1.29 is 32.7 Å². The number of carbonyl (C=O) groups excluding carboxylic acids is 3. The molecule has 9 heteroatoms. The molecule has 186 valence electrons. The SMILES string of the molecule is COC(=O)c1ccc(CN2C(=O)S/C(=C/c3c(OCc4ccc(F)cc4)ccc4ccccc34)C2=O)o1. The fraction of sp³-hybridized carbons (Fsp3) is 0.107. The first-order chi connectivity index (χ1) is 17.9. The number of esters is 1. The number of nitrogens with zero attached hydrogens (tertiary/aromatic N) is 1. The maximum atomic E-state index is 13.3. The van der Waals surface area contributed by atoms with Crippen LogP contribution in [0.5, 0.6) is 5.75 Å². The molecular weight excluding hydrogens is 497 g/mol. The molecule has 1 aliphatic heterocycles. The predicted molar refractivity (Wildman–Crippen MR) is 136 cm³/mol. The van der Waals surface area contributed by atoms with Crippen LogP contribution in [0.3, 0.4) is 0 Å². The molecule has 1 fully saturated rings. The first-order valence-corrected chi connectivity index (χ1v) is 12.1. The molecule has 0 spiro atoms. The fourth-order valence-corrected chi connectivity index (χ4v) is 4.71. The van der Waals surface area contributed by atoms with E-state index in [1.807, 2.05) is 30.3 Å². The highest BCUT2D eigenvalue weighted by molar-refractivity contribution is 8.18. The van der Waals surface area contributed by atoms with Crippen molar-refractivity contribution in [3.63, 3.8) is 0 Å². The second-order valence-corrected chi connectivity index (χ2v) is 9.13. The molecule has 1 saturated heterocycles. The number of thioether (sulfide) groups is 1. The number of ether oxygens (including phenoxy) is 2. The van der Waals surface area contributed by atoms with Gasteiger partial charge in [0.15, 0.2) is 0 Å². The second kappa shape index (κ2) is 10.3. The molecular formula is C28H20FNO6S. The van der Waals surface area contributed by atoms with Crippen LogP contribution >= 0.6 is 11.8 Å². The van der Waals surface area contributed by atoms with Gasteiger partial charge in [-0.15, -0.1) is 0 Å². The highest BCUT2D eigenvalue weighted by Crippen LogP contribution is 2.37. The standard InChI is InChI=1S/C28H20FNO6S/c1-34-27(32)24-13-11-20(36-24)15-30-26(31)25(37-28(30)33)14-22-21-5-3-2-4-18(21)8-12-23(22)35-16-17-6-9-19(29)10-7-17/h2-14H,15-16H2,1H3/b25-14+. The highest BCUT2D eigenvalue weighted by atomic mass is 32.2. The van der Waals surface area contributed by atoms with Crippen LogP contribution in [-0.2, 0) is 22.7 Å². The average Bonchev–Trinajstić information content (AvgIpc) is 3.49. The fourth-order valence-electron chi connectivity index (χ4n) is 3.89. The summed E-state index contributed by atoms with van der Waals surface area (Å²) in [5.74, 6) is -0.686. The minimum absolute atomic E-state index is 0.0151.